The van der Waals surface area contributed by atoms with E-state index in [2.05, 4.69) is 10.2 Å². The zero-order valence-corrected chi connectivity index (χ0v) is 14.4. The molecular weight excluding hydrogens is 312 g/mol. The van der Waals surface area contributed by atoms with Gasteiger partial charge in [0.15, 0.2) is 0 Å². The highest BCUT2D eigenvalue weighted by atomic mass is 35.5. The van der Waals surface area contributed by atoms with Crippen LogP contribution in [-0.4, -0.2) is 19.6 Å². The number of fused-ring (bicyclic) bond motifs is 1. The lowest BCUT2D eigenvalue weighted by Crippen LogP contribution is -2.31. The van der Waals surface area contributed by atoms with Crippen molar-refractivity contribution in [2.24, 2.45) is 0 Å². The Balaban J connectivity index is 2.19. The van der Waals surface area contributed by atoms with Crippen LogP contribution in [0.25, 0.3) is 10.9 Å². The summed E-state index contributed by atoms with van der Waals surface area (Å²) in [5.41, 5.74) is 1.90. The quantitative estimate of drug-likeness (QED) is 0.724. The van der Waals surface area contributed by atoms with Gasteiger partial charge < -0.3 is 0 Å². The summed E-state index contributed by atoms with van der Waals surface area (Å²) < 4.78 is 3.25. The average molecular weight is 331 g/mol. The lowest BCUT2D eigenvalue weighted by molar-refractivity contribution is 0.366. The van der Waals surface area contributed by atoms with Crippen LogP contribution in [0.5, 0.6) is 0 Å². The molecule has 0 aliphatic carbocycles. The van der Waals surface area contributed by atoms with E-state index in [0.717, 1.165) is 16.6 Å². The van der Waals surface area contributed by atoms with Gasteiger partial charge in [0.1, 0.15) is 5.52 Å². The first kappa shape index (κ1) is 15.7. The Morgan fingerprint density at radius 1 is 1.26 bits per heavy atom. The normalized spacial score (nSPS) is 12.0. The topological polar surface area (TPSA) is 52.7 Å². The number of benzene rings is 1. The van der Waals surface area contributed by atoms with E-state index in [9.17, 15) is 4.79 Å². The van der Waals surface area contributed by atoms with Crippen molar-refractivity contribution in [2.75, 3.05) is 0 Å². The van der Waals surface area contributed by atoms with Gasteiger partial charge in [-0.05, 0) is 45.4 Å². The third-order valence-electron chi connectivity index (χ3n) is 3.72. The van der Waals surface area contributed by atoms with Crippen LogP contribution in [0.15, 0.2) is 35.3 Å². The molecule has 1 aromatic carbocycles. The van der Waals surface area contributed by atoms with Crippen molar-refractivity contribution in [1.82, 2.24) is 19.6 Å². The molecular formula is C17H19ClN4O. The van der Waals surface area contributed by atoms with Crippen LogP contribution >= 0.6 is 11.6 Å². The van der Waals surface area contributed by atoms with Gasteiger partial charge in [-0.25, -0.2) is 4.68 Å². The molecule has 0 saturated carbocycles. The summed E-state index contributed by atoms with van der Waals surface area (Å²) in [5.74, 6) is 0. The van der Waals surface area contributed by atoms with E-state index in [1.54, 1.807) is 10.9 Å². The van der Waals surface area contributed by atoms with E-state index in [1.165, 1.54) is 4.68 Å². The van der Waals surface area contributed by atoms with E-state index in [0.29, 0.717) is 17.1 Å². The van der Waals surface area contributed by atoms with Crippen LogP contribution in [0, 0.1) is 6.92 Å². The van der Waals surface area contributed by atoms with Gasteiger partial charge in [-0.1, -0.05) is 23.7 Å². The highest BCUT2D eigenvalue weighted by Crippen LogP contribution is 2.20. The van der Waals surface area contributed by atoms with Crippen LogP contribution in [0.1, 0.15) is 32.0 Å². The van der Waals surface area contributed by atoms with Crippen molar-refractivity contribution >= 4 is 22.5 Å². The van der Waals surface area contributed by atoms with Gasteiger partial charge in [0, 0.05) is 10.4 Å². The molecule has 0 atom stereocenters. The smallest absolute Gasteiger partial charge is 0.265 e. The summed E-state index contributed by atoms with van der Waals surface area (Å²) >= 11 is 6.02. The molecule has 23 heavy (non-hydrogen) atoms. The molecule has 2 heterocycles. The lowest BCUT2D eigenvalue weighted by Gasteiger charge is -2.20. The molecule has 0 saturated heterocycles. The second kappa shape index (κ2) is 5.49. The Labute approximate surface area is 139 Å². The van der Waals surface area contributed by atoms with Crippen molar-refractivity contribution in [3.63, 3.8) is 0 Å². The molecule has 0 amide bonds. The maximum Gasteiger partial charge on any atom is 0.293 e. The molecule has 0 N–H and O–H groups in total. The van der Waals surface area contributed by atoms with Crippen molar-refractivity contribution in [2.45, 2.75) is 39.8 Å². The fourth-order valence-electron chi connectivity index (χ4n) is 2.65. The first-order chi connectivity index (χ1) is 10.8. The molecule has 0 aliphatic rings. The molecule has 2 aromatic heterocycles. The summed E-state index contributed by atoms with van der Waals surface area (Å²) in [7, 11) is 0. The van der Waals surface area contributed by atoms with Gasteiger partial charge in [0.05, 0.1) is 24.0 Å². The maximum absolute atomic E-state index is 12.9. The average Bonchev–Trinajstić information content (AvgIpc) is 2.90. The standard InChI is InChI=1S/C17H19ClN4O/c1-11-14-9-19-22(17(2,3)4)15(14)16(23)21(20-11)10-12-6-5-7-13(18)8-12/h5-9H,10H2,1-4H3. The minimum atomic E-state index is -0.275. The predicted molar refractivity (Wildman–Crippen MR) is 92.1 cm³/mol. The Morgan fingerprint density at radius 3 is 2.65 bits per heavy atom. The first-order valence-corrected chi connectivity index (χ1v) is 7.85. The van der Waals surface area contributed by atoms with E-state index < -0.39 is 0 Å². The van der Waals surface area contributed by atoms with Gasteiger partial charge in [-0.15, -0.1) is 0 Å². The summed E-state index contributed by atoms with van der Waals surface area (Å²) in [6, 6.07) is 7.45. The Bertz CT molecular complexity index is 934. The molecule has 0 radical (unpaired) electrons. The number of halogens is 1. The number of aromatic nitrogens is 4. The summed E-state index contributed by atoms with van der Waals surface area (Å²) in [6.45, 7) is 8.35. The molecule has 0 bridgehead atoms. The summed E-state index contributed by atoms with van der Waals surface area (Å²) in [4.78, 5) is 12.9. The fraction of sp³-hybridized carbons (Fsp3) is 0.353. The lowest BCUT2D eigenvalue weighted by atomic mass is 10.1. The number of hydrogen-bond donors (Lipinski definition) is 0. The largest absolute Gasteiger partial charge is 0.293 e. The Morgan fingerprint density at radius 2 is 2.00 bits per heavy atom. The molecule has 0 spiro atoms. The SMILES string of the molecule is Cc1nn(Cc2cccc(Cl)c2)c(=O)c2c1cnn2C(C)(C)C. The first-order valence-electron chi connectivity index (χ1n) is 7.48. The van der Waals surface area contributed by atoms with E-state index in [4.69, 9.17) is 11.6 Å². The predicted octanol–water partition coefficient (Wildman–Crippen LogP) is 3.36. The monoisotopic (exact) mass is 330 g/mol. The van der Waals surface area contributed by atoms with Crippen LogP contribution in [0.4, 0.5) is 0 Å². The van der Waals surface area contributed by atoms with Crippen LogP contribution in [-0.2, 0) is 12.1 Å². The summed E-state index contributed by atoms with van der Waals surface area (Å²) in [6.07, 6.45) is 1.72. The molecule has 120 valence electrons. The fourth-order valence-corrected chi connectivity index (χ4v) is 2.86. The second-order valence-corrected chi connectivity index (χ2v) is 7.10. The van der Waals surface area contributed by atoms with Crippen molar-refractivity contribution in [3.8, 4) is 0 Å². The van der Waals surface area contributed by atoms with E-state index in [-0.39, 0.29) is 11.1 Å². The third kappa shape index (κ3) is 2.88. The molecule has 5 nitrogen and oxygen atoms in total. The van der Waals surface area contributed by atoms with Gasteiger partial charge >= 0.3 is 0 Å². The molecule has 0 fully saturated rings. The van der Waals surface area contributed by atoms with Gasteiger partial charge in [0.25, 0.3) is 5.56 Å². The molecule has 3 aromatic rings. The zero-order chi connectivity index (χ0) is 16.8. The molecule has 3 rings (SSSR count). The third-order valence-corrected chi connectivity index (χ3v) is 3.96. The highest BCUT2D eigenvalue weighted by molar-refractivity contribution is 6.30. The number of aryl methyl sites for hydroxylation is 1. The van der Waals surface area contributed by atoms with Crippen LogP contribution < -0.4 is 5.56 Å². The second-order valence-electron chi connectivity index (χ2n) is 6.67. The Kier molecular flexibility index (Phi) is 3.76. The van der Waals surface area contributed by atoms with Gasteiger partial charge in [0.2, 0.25) is 0 Å². The number of rotatable bonds is 2. The van der Waals surface area contributed by atoms with Gasteiger partial charge in [-0.2, -0.15) is 10.2 Å². The van der Waals surface area contributed by atoms with E-state index >= 15 is 0 Å². The zero-order valence-electron chi connectivity index (χ0n) is 13.7. The van der Waals surface area contributed by atoms with Crippen molar-refractivity contribution in [1.29, 1.82) is 0 Å². The van der Waals surface area contributed by atoms with Gasteiger partial charge in [-0.3, -0.25) is 9.48 Å². The van der Waals surface area contributed by atoms with Crippen LogP contribution in [0.3, 0.4) is 0 Å². The minimum Gasteiger partial charge on any atom is -0.265 e. The van der Waals surface area contributed by atoms with Crippen molar-refractivity contribution in [3.05, 3.63) is 57.1 Å². The number of nitrogens with zero attached hydrogens (tertiary/aromatic N) is 4. The highest BCUT2D eigenvalue weighted by Gasteiger charge is 2.21. The summed E-state index contributed by atoms with van der Waals surface area (Å²) in [5, 5.41) is 10.3. The Hall–Kier alpha value is -2.14. The molecule has 0 unspecified atom stereocenters. The molecule has 0 aliphatic heterocycles. The van der Waals surface area contributed by atoms with Crippen molar-refractivity contribution < 1.29 is 0 Å². The number of hydrogen-bond acceptors (Lipinski definition) is 3. The molecule has 6 heteroatoms. The van der Waals surface area contributed by atoms with E-state index in [1.807, 2.05) is 52.0 Å². The minimum absolute atomic E-state index is 0.141. The van der Waals surface area contributed by atoms with Crippen LogP contribution in [0.2, 0.25) is 5.02 Å². The maximum atomic E-state index is 12.9.